The standard InChI is InChI=1S/C21H24N2O4/c1-14-6-7-18-16(12-14)20(15-4-2-3-5-17(15)22-18)21(25)27-13-19(24)23-8-10-26-11-9-23/h2-5,14H,6-13H2,1H3/t14-/m1/s1. The molecule has 0 N–H and O–H groups in total. The van der Waals surface area contributed by atoms with Crippen LogP contribution < -0.4 is 0 Å². The molecule has 2 aliphatic rings. The monoisotopic (exact) mass is 368 g/mol. The van der Waals surface area contributed by atoms with Gasteiger partial charge in [0.05, 0.1) is 24.3 Å². The number of hydrogen-bond acceptors (Lipinski definition) is 5. The zero-order valence-corrected chi connectivity index (χ0v) is 15.6. The van der Waals surface area contributed by atoms with Crippen molar-refractivity contribution in [1.29, 1.82) is 0 Å². The van der Waals surface area contributed by atoms with Crippen LogP contribution >= 0.6 is 0 Å². The highest BCUT2D eigenvalue weighted by atomic mass is 16.5. The Morgan fingerprint density at radius 2 is 2.04 bits per heavy atom. The van der Waals surface area contributed by atoms with Crippen LogP contribution in [0.2, 0.25) is 0 Å². The maximum atomic E-state index is 13.0. The van der Waals surface area contributed by atoms with Crippen molar-refractivity contribution >= 4 is 22.8 Å². The second-order valence-corrected chi connectivity index (χ2v) is 7.35. The number of pyridine rings is 1. The van der Waals surface area contributed by atoms with Crippen molar-refractivity contribution in [3.63, 3.8) is 0 Å². The zero-order chi connectivity index (χ0) is 18.8. The highest BCUT2D eigenvalue weighted by Crippen LogP contribution is 2.32. The SMILES string of the molecule is C[C@@H]1CCc2nc3ccccc3c(C(=O)OCC(=O)N3CCOCC3)c2C1. The maximum Gasteiger partial charge on any atom is 0.339 e. The summed E-state index contributed by atoms with van der Waals surface area (Å²) in [4.78, 5) is 31.7. The van der Waals surface area contributed by atoms with Crippen LogP contribution in [0.4, 0.5) is 0 Å². The number of ether oxygens (including phenoxy) is 2. The molecule has 0 saturated carbocycles. The number of fused-ring (bicyclic) bond motifs is 2. The molecule has 0 radical (unpaired) electrons. The second kappa shape index (κ2) is 7.64. The Labute approximate surface area is 158 Å². The third kappa shape index (κ3) is 3.67. The summed E-state index contributed by atoms with van der Waals surface area (Å²) in [6.45, 7) is 4.10. The van der Waals surface area contributed by atoms with Crippen molar-refractivity contribution in [3.8, 4) is 0 Å². The van der Waals surface area contributed by atoms with Crippen LogP contribution in [-0.2, 0) is 27.1 Å². The maximum absolute atomic E-state index is 13.0. The average Bonchev–Trinajstić information content (AvgIpc) is 2.70. The highest BCUT2D eigenvalue weighted by molar-refractivity contribution is 6.05. The third-order valence-electron chi connectivity index (χ3n) is 5.40. The van der Waals surface area contributed by atoms with Gasteiger partial charge in [-0.15, -0.1) is 0 Å². The minimum atomic E-state index is -0.430. The van der Waals surface area contributed by atoms with Crippen LogP contribution in [0.1, 0.15) is 35.0 Å². The third-order valence-corrected chi connectivity index (χ3v) is 5.40. The van der Waals surface area contributed by atoms with Crippen LogP contribution in [0, 0.1) is 5.92 Å². The fraction of sp³-hybridized carbons (Fsp3) is 0.476. The van der Waals surface area contributed by atoms with E-state index < -0.39 is 5.97 Å². The molecule has 4 rings (SSSR count). The normalized spacial score (nSPS) is 19.6. The second-order valence-electron chi connectivity index (χ2n) is 7.35. The average molecular weight is 368 g/mol. The van der Waals surface area contributed by atoms with Crippen LogP contribution in [0.3, 0.4) is 0 Å². The number of para-hydroxylation sites is 1. The van der Waals surface area contributed by atoms with E-state index in [0.29, 0.717) is 37.8 Å². The molecule has 142 valence electrons. The fourth-order valence-electron chi connectivity index (χ4n) is 3.90. The minimum absolute atomic E-state index is 0.174. The van der Waals surface area contributed by atoms with E-state index in [1.807, 2.05) is 24.3 Å². The Bertz CT molecular complexity index is 874. The van der Waals surface area contributed by atoms with Gasteiger partial charge in [0, 0.05) is 24.2 Å². The summed E-state index contributed by atoms with van der Waals surface area (Å²) in [5.41, 5.74) is 3.35. The van der Waals surface area contributed by atoms with Crippen molar-refractivity contribution in [1.82, 2.24) is 9.88 Å². The Kier molecular flexibility index (Phi) is 5.07. The van der Waals surface area contributed by atoms with Crippen LogP contribution in [-0.4, -0.2) is 54.7 Å². The molecule has 1 aromatic heterocycles. The molecule has 1 saturated heterocycles. The number of benzene rings is 1. The Balaban J connectivity index is 1.60. The molecule has 2 aromatic rings. The predicted molar refractivity (Wildman–Crippen MR) is 101 cm³/mol. The number of morpholine rings is 1. The Morgan fingerprint density at radius 1 is 1.26 bits per heavy atom. The van der Waals surface area contributed by atoms with Crippen LogP contribution in [0.5, 0.6) is 0 Å². The molecule has 6 nitrogen and oxygen atoms in total. The molecule has 1 amide bonds. The van der Waals surface area contributed by atoms with E-state index in [1.54, 1.807) is 4.90 Å². The quantitative estimate of drug-likeness (QED) is 0.778. The Hall–Kier alpha value is -2.47. The molecule has 1 aliphatic heterocycles. The smallest absolute Gasteiger partial charge is 0.339 e. The van der Waals surface area contributed by atoms with Gasteiger partial charge < -0.3 is 14.4 Å². The number of nitrogens with zero attached hydrogens (tertiary/aromatic N) is 2. The number of rotatable bonds is 3. The largest absolute Gasteiger partial charge is 0.452 e. The number of aryl methyl sites for hydroxylation is 1. The van der Waals surface area contributed by atoms with Gasteiger partial charge in [0.25, 0.3) is 5.91 Å². The van der Waals surface area contributed by atoms with Gasteiger partial charge in [-0.05, 0) is 36.8 Å². The molecule has 0 bridgehead atoms. The first-order valence-corrected chi connectivity index (χ1v) is 9.56. The first-order valence-electron chi connectivity index (χ1n) is 9.56. The molecule has 27 heavy (non-hydrogen) atoms. The summed E-state index contributed by atoms with van der Waals surface area (Å²) in [6.07, 6.45) is 2.76. The summed E-state index contributed by atoms with van der Waals surface area (Å²) in [6, 6.07) is 7.65. The number of carbonyl (C=O) groups is 2. The molecule has 1 aliphatic carbocycles. The van der Waals surface area contributed by atoms with Gasteiger partial charge in [-0.3, -0.25) is 9.78 Å². The van der Waals surface area contributed by atoms with Gasteiger partial charge >= 0.3 is 5.97 Å². The van der Waals surface area contributed by atoms with E-state index in [0.717, 1.165) is 41.4 Å². The Morgan fingerprint density at radius 3 is 2.85 bits per heavy atom. The lowest BCUT2D eigenvalue weighted by Gasteiger charge is -2.27. The molecule has 1 aromatic carbocycles. The van der Waals surface area contributed by atoms with Crippen LogP contribution in [0.15, 0.2) is 24.3 Å². The van der Waals surface area contributed by atoms with Crippen molar-refractivity contribution < 1.29 is 19.1 Å². The van der Waals surface area contributed by atoms with Crippen molar-refractivity contribution in [2.75, 3.05) is 32.9 Å². The van der Waals surface area contributed by atoms with Gasteiger partial charge in [0.15, 0.2) is 6.61 Å². The number of esters is 1. The lowest BCUT2D eigenvalue weighted by Crippen LogP contribution is -2.42. The molecule has 1 atom stereocenters. The molecular formula is C21H24N2O4. The molecule has 6 heteroatoms. The van der Waals surface area contributed by atoms with Crippen molar-refractivity contribution in [2.45, 2.75) is 26.2 Å². The van der Waals surface area contributed by atoms with Crippen molar-refractivity contribution in [2.24, 2.45) is 5.92 Å². The number of aromatic nitrogens is 1. The molecule has 0 unspecified atom stereocenters. The van der Waals surface area contributed by atoms with Gasteiger partial charge in [0.2, 0.25) is 0 Å². The topological polar surface area (TPSA) is 68.7 Å². The lowest BCUT2D eigenvalue weighted by atomic mass is 9.84. The molecule has 2 heterocycles. The fourth-order valence-corrected chi connectivity index (χ4v) is 3.90. The highest BCUT2D eigenvalue weighted by Gasteiger charge is 2.27. The summed E-state index contributed by atoms with van der Waals surface area (Å²) >= 11 is 0. The number of hydrogen-bond donors (Lipinski definition) is 0. The van der Waals surface area contributed by atoms with Gasteiger partial charge in [-0.25, -0.2) is 4.79 Å². The van der Waals surface area contributed by atoms with E-state index in [1.165, 1.54) is 0 Å². The van der Waals surface area contributed by atoms with E-state index >= 15 is 0 Å². The summed E-state index contributed by atoms with van der Waals surface area (Å²) < 4.78 is 10.7. The molecule has 0 spiro atoms. The molecule has 1 fully saturated rings. The van der Waals surface area contributed by atoms with Gasteiger partial charge in [-0.1, -0.05) is 25.1 Å². The van der Waals surface area contributed by atoms with E-state index in [4.69, 9.17) is 14.5 Å². The summed E-state index contributed by atoms with van der Waals surface area (Å²) in [5, 5.41) is 0.800. The molecular weight excluding hydrogens is 344 g/mol. The number of amides is 1. The van der Waals surface area contributed by atoms with E-state index in [9.17, 15) is 9.59 Å². The minimum Gasteiger partial charge on any atom is -0.452 e. The number of carbonyl (C=O) groups excluding carboxylic acids is 2. The first kappa shape index (κ1) is 17.9. The summed E-state index contributed by atoms with van der Waals surface area (Å²) in [5.74, 6) is -0.102. The van der Waals surface area contributed by atoms with Crippen molar-refractivity contribution in [3.05, 3.63) is 41.1 Å². The van der Waals surface area contributed by atoms with Crippen LogP contribution in [0.25, 0.3) is 10.9 Å². The summed E-state index contributed by atoms with van der Waals surface area (Å²) in [7, 11) is 0. The van der Waals surface area contributed by atoms with E-state index in [2.05, 4.69) is 6.92 Å². The van der Waals surface area contributed by atoms with E-state index in [-0.39, 0.29) is 12.5 Å². The zero-order valence-electron chi connectivity index (χ0n) is 15.6. The lowest BCUT2D eigenvalue weighted by molar-refractivity contribution is -0.138. The predicted octanol–water partition coefficient (Wildman–Crippen LogP) is 2.38. The van der Waals surface area contributed by atoms with Gasteiger partial charge in [0.1, 0.15) is 0 Å². The first-order chi connectivity index (χ1) is 13.1. The van der Waals surface area contributed by atoms with Gasteiger partial charge in [-0.2, -0.15) is 0 Å².